The van der Waals surface area contributed by atoms with Crippen molar-refractivity contribution in [1.82, 2.24) is 9.97 Å². The number of hydrogen-bond donors (Lipinski definition) is 2. The molecule has 2 heterocycles. The maximum absolute atomic E-state index is 13.0. The van der Waals surface area contributed by atoms with Crippen LogP contribution in [0.1, 0.15) is 25.0 Å². The Bertz CT molecular complexity index is 1160. The number of hydrogen-bond acceptors (Lipinski definition) is 1. The van der Waals surface area contributed by atoms with Gasteiger partial charge in [-0.25, -0.2) is 0 Å². The minimum atomic E-state index is -4.44. The molecule has 0 saturated carbocycles. The van der Waals surface area contributed by atoms with E-state index in [1.807, 2.05) is 44.2 Å². The molecule has 0 aliphatic heterocycles. The first-order valence-corrected chi connectivity index (χ1v) is 8.67. The molecule has 0 saturated heterocycles. The largest absolute Gasteiger partial charge is 0.416 e. The van der Waals surface area contributed by atoms with Gasteiger partial charge in [-0.15, -0.1) is 0 Å². The van der Waals surface area contributed by atoms with E-state index in [-0.39, 0.29) is 5.56 Å². The molecule has 2 aromatic carbocycles. The lowest BCUT2D eigenvalue weighted by Gasteiger charge is -2.07. The van der Waals surface area contributed by atoms with Crippen LogP contribution in [0.5, 0.6) is 0 Å². The summed E-state index contributed by atoms with van der Waals surface area (Å²) in [6.07, 6.45) is -4.44. The minimum Gasteiger partial charge on any atom is -0.353 e. The van der Waals surface area contributed by atoms with Gasteiger partial charge in [-0.1, -0.05) is 44.2 Å². The lowest BCUT2D eigenvalue weighted by atomic mass is 10.0. The lowest BCUT2D eigenvalue weighted by Crippen LogP contribution is -2.11. The summed E-state index contributed by atoms with van der Waals surface area (Å²) in [5, 5.41) is 0.346. The molecule has 140 valence electrons. The molecule has 4 rings (SSSR count). The second-order valence-electron chi connectivity index (χ2n) is 5.95. The summed E-state index contributed by atoms with van der Waals surface area (Å²) in [5.41, 5.74) is 2.53. The Hall–Kier alpha value is -3.02. The Morgan fingerprint density at radius 3 is 2.19 bits per heavy atom. The van der Waals surface area contributed by atoms with Crippen LogP contribution in [-0.4, -0.2) is 9.97 Å². The zero-order valence-corrected chi connectivity index (χ0v) is 15.2. The molecular weight excluding hydrogens is 353 g/mol. The number of pyridine rings is 1. The number of halogens is 3. The molecule has 0 bridgehead atoms. The van der Waals surface area contributed by atoms with E-state index < -0.39 is 11.7 Å². The van der Waals surface area contributed by atoms with Gasteiger partial charge < -0.3 is 9.97 Å². The van der Waals surface area contributed by atoms with Crippen molar-refractivity contribution in [3.8, 4) is 11.1 Å². The second kappa shape index (κ2) is 6.95. The maximum Gasteiger partial charge on any atom is 0.416 e. The molecule has 0 aliphatic carbocycles. The van der Waals surface area contributed by atoms with Crippen molar-refractivity contribution in [3.05, 3.63) is 70.0 Å². The van der Waals surface area contributed by atoms with Crippen LogP contribution in [0.2, 0.25) is 0 Å². The van der Waals surface area contributed by atoms with E-state index in [0.29, 0.717) is 33.1 Å². The van der Waals surface area contributed by atoms with Crippen molar-refractivity contribution in [3.63, 3.8) is 0 Å². The van der Waals surface area contributed by atoms with E-state index in [1.165, 1.54) is 6.07 Å². The molecule has 3 nitrogen and oxygen atoms in total. The predicted octanol–water partition coefficient (Wildman–Crippen LogP) is 6.03. The van der Waals surface area contributed by atoms with E-state index in [4.69, 9.17) is 0 Å². The Balaban J connectivity index is 0.00000102. The molecule has 6 heteroatoms. The highest BCUT2D eigenvalue weighted by atomic mass is 19.4. The van der Waals surface area contributed by atoms with Crippen molar-refractivity contribution >= 4 is 21.9 Å². The number of fused-ring (bicyclic) bond motifs is 3. The van der Waals surface area contributed by atoms with E-state index in [0.717, 1.165) is 17.7 Å². The zero-order chi connectivity index (χ0) is 19.8. The number of alkyl halides is 3. The number of benzene rings is 2. The average molecular weight is 372 g/mol. The molecule has 4 aromatic rings. The summed E-state index contributed by atoms with van der Waals surface area (Å²) in [4.78, 5) is 18.2. The first-order chi connectivity index (χ1) is 12.9. The Morgan fingerprint density at radius 1 is 0.889 bits per heavy atom. The van der Waals surface area contributed by atoms with Gasteiger partial charge in [0.05, 0.1) is 16.6 Å². The van der Waals surface area contributed by atoms with Crippen molar-refractivity contribution in [2.45, 2.75) is 26.9 Å². The summed E-state index contributed by atoms with van der Waals surface area (Å²) in [5.74, 6) is 0. The third kappa shape index (κ3) is 3.23. The highest BCUT2D eigenvalue weighted by molar-refractivity contribution is 6.10. The van der Waals surface area contributed by atoms with Crippen LogP contribution in [0.25, 0.3) is 33.1 Å². The van der Waals surface area contributed by atoms with Gasteiger partial charge in [-0.3, -0.25) is 4.79 Å². The summed E-state index contributed by atoms with van der Waals surface area (Å²) in [6.45, 7) is 5.70. The Labute approximate surface area is 153 Å². The number of aromatic amines is 2. The molecule has 2 N–H and O–H groups in total. The van der Waals surface area contributed by atoms with Gasteiger partial charge in [-0.05, 0) is 30.7 Å². The van der Waals surface area contributed by atoms with E-state index >= 15 is 0 Å². The normalized spacial score (nSPS) is 11.5. The van der Waals surface area contributed by atoms with Crippen LogP contribution in [-0.2, 0) is 6.18 Å². The van der Waals surface area contributed by atoms with Gasteiger partial charge in [0, 0.05) is 22.0 Å². The maximum atomic E-state index is 13.0. The fourth-order valence-corrected chi connectivity index (χ4v) is 3.16. The number of nitrogens with one attached hydrogen (secondary N) is 2. The predicted molar refractivity (Wildman–Crippen MR) is 103 cm³/mol. The van der Waals surface area contributed by atoms with Gasteiger partial charge in [-0.2, -0.15) is 13.2 Å². The van der Waals surface area contributed by atoms with Gasteiger partial charge in [0.1, 0.15) is 0 Å². The molecule has 0 spiro atoms. The highest BCUT2D eigenvalue weighted by Crippen LogP contribution is 2.36. The standard InChI is InChI=1S/C19H13F3N2O.C2H6/c1-10-15(11-5-3-2-4-6-11)17-16(24-18(10)25)13-9-12(19(20,21)22)7-8-14(13)23-17;1-2/h2-9,23H,1H3,(H,24,25);1-2H3. The molecule has 2 aromatic heterocycles. The third-order valence-corrected chi connectivity index (χ3v) is 4.39. The van der Waals surface area contributed by atoms with E-state index in [1.54, 1.807) is 6.92 Å². The van der Waals surface area contributed by atoms with Crippen LogP contribution in [0, 0.1) is 6.92 Å². The summed E-state index contributed by atoms with van der Waals surface area (Å²) in [7, 11) is 0. The second-order valence-corrected chi connectivity index (χ2v) is 5.95. The Morgan fingerprint density at radius 2 is 1.56 bits per heavy atom. The fraction of sp³-hybridized carbons (Fsp3) is 0.190. The molecule has 0 radical (unpaired) electrons. The smallest absolute Gasteiger partial charge is 0.353 e. The molecule has 0 aliphatic rings. The van der Waals surface area contributed by atoms with Gasteiger partial charge in [0.2, 0.25) is 0 Å². The van der Waals surface area contributed by atoms with Crippen LogP contribution >= 0.6 is 0 Å². The summed E-state index contributed by atoms with van der Waals surface area (Å²) in [6, 6.07) is 12.8. The van der Waals surface area contributed by atoms with Gasteiger partial charge >= 0.3 is 6.18 Å². The first-order valence-electron chi connectivity index (χ1n) is 8.67. The molecule has 0 fully saturated rings. The third-order valence-electron chi connectivity index (χ3n) is 4.39. The molecular formula is C21H19F3N2O. The first kappa shape index (κ1) is 18.8. The average Bonchev–Trinajstić information content (AvgIpc) is 3.01. The van der Waals surface area contributed by atoms with Crippen LogP contribution in [0.3, 0.4) is 0 Å². The lowest BCUT2D eigenvalue weighted by molar-refractivity contribution is -0.137. The molecule has 0 unspecified atom stereocenters. The van der Waals surface area contributed by atoms with Crippen molar-refractivity contribution in [2.75, 3.05) is 0 Å². The van der Waals surface area contributed by atoms with Gasteiger partial charge in [0.25, 0.3) is 5.56 Å². The monoisotopic (exact) mass is 372 g/mol. The van der Waals surface area contributed by atoms with Gasteiger partial charge in [0.15, 0.2) is 0 Å². The SMILES string of the molecule is CC.Cc1c(-c2ccccc2)c2[nH]c3ccc(C(F)(F)F)cc3c2[nH]c1=O. The number of H-pyrrole nitrogens is 2. The quantitative estimate of drug-likeness (QED) is 0.421. The van der Waals surface area contributed by atoms with Crippen LogP contribution < -0.4 is 5.56 Å². The highest BCUT2D eigenvalue weighted by Gasteiger charge is 2.31. The summed E-state index contributed by atoms with van der Waals surface area (Å²) >= 11 is 0. The Kier molecular flexibility index (Phi) is 4.83. The minimum absolute atomic E-state index is 0.315. The number of aromatic nitrogens is 2. The van der Waals surface area contributed by atoms with Crippen molar-refractivity contribution < 1.29 is 13.2 Å². The molecule has 27 heavy (non-hydrogen) atoms. The van der Waals surface area contributed by atoms with Crippen LogP contribution in [0.15, 0.2) is 53.3 Å². The van der Waals surface area contributed by atoms with Crippen LogP contribution in [0.4, 0.5) is 13.2 Å². The zero-order valence-electron chi connectivity index (χ0n) is 15.2. The molecule has 0 atom stereocenters. The topological polar surface area (TPSA) is 48.6 Å². The van der Waals surface area contributed by atoms with Crippen molar-refractivity contribution in [2.24, 2.45) is 0 Å². The number of rotatable bonds is 1. The van der Waals surface area contributed by atoms with E-state index in [2.05, 4.69) is 9.97 Å². The molecule has 0 amide bonds. The summed E-state index contributed by atoms with van der Waals surface area (Å²) < 4.78 is 39.1. The van der Waals surface area contributed by atoms with E-state index in [9.17, 15) is 18.0 Å². The fourth-order valence-electron chi connectivity index (χ4n) is 3.16. The van der Waals surface area contributed by atoms with Crippen molar-refractivity contribution in [1.29, 1.82) is 0 Å².